The van der Waals surface area contributed by atoms with Crippen molar-refractivity contribution < 1.29 is 9.84 Å². The van der Waals surface area contributed by atoms with Crippen molar-refractivity contribution >= 4 is 11.8 Å². The van der Waals surface area contributed by atoms with Crippen LogP contribution in [0, 0.1) is 6.92 Å². The van der Waals surface area contributed by atoms with Crippen LogP contribution in [0.1, 0.15) is 30.9 Å². The molecule has 1 fully saturated rings. The van der Waals surface area contributed by atoms with Gasteiger partial charge in [0, 0.05) is 5.25 Å². The molecule has 1 aromatic carbocycles. The van der Waals surface area contributed by atoms with Crippen molar-refractivity contribution in [3.63, 3.8) is 0 Å². The molecule has 2 unspecified atom stereocenters. The number of aryl methyl sites for hydroxylation is 1. The second-order valence-corrected chi connectivity index (χ2v) is 6.17. The van der Waals surface area contributed by atoms with Gasteiger partial charge in [-0.1, -0.05) is 13.0 Å². The van der Waals surface area contributed by atoms with E-state index in [0.717, 1.165) is 35.5 Å². The van der Waals surface area contributed by atoms with Gasteiger partial charge in [0.1, 0.15) is 11.4 Å². The molecule has 1 heterocycles. The second-order valence-electron chi connectivity index (χ2n) is 4.72. The van der Waals surface area contributed by atoms with Crippen LogP contribution in [0.15, 0.2) is 18.2 Å². The lowest BCUT2D eigenvalue weighted by atomic mass is 9.83. The minimum absolute atomic E-state index is 0.253. The smallest absolute Gasteiger partial charge is 0.119 e. The standard InChI is InChI=1S/C14H20O2S/c1-10-9-12(16-3)5-6-13(10)14(15)7-4-8-17-11(14)2/h5-6,9,11,15H,4,7-8H2,1-3H3. The Morgan fingerprint density at radius 1 is 1.47 bits per heavy atom. The van der Waals surface area contributed by atoms with Crippen LogP contribution in [0.25, 0.3) is 0 Å². The van der Waals surface area contributed by atoms with Gasteiger partial charge in [0.05, 0.1) is 7.11 Å². The Kier molecular flexibility index (Phi) is 3.69. The summed E-state index contributed by atoms with van der Waals surface area (Å²) in [4.78, 5) is 0. The van der Waals surface area contributed by atoms with Crippen molar-refractivity contribution in [1.82, 2.24) is 0 Å². The minimum atomic E-state index is -0.681. The highest BCUT2D eigenvalue weighted by Crippen LogP contribution is 2.42. The maximum atomic E-state index is 10.9. The first-order chi connectivity index (χ1) is 8.08. The fourth-order valence-corrected chi connectivity index (χ4v) is 3.73. The highest BCUT2D eigenvalue weighted by Gasteiger charge is 2.39. The van der Waals surface area contributed by atoms with Gasteiger partial charge in [0.25, 0.3) is 0 Å². The molecule has 3 heteroatoms. The van der Waals surface area contributed by atoms with Gasteiger partial charge in [-0.2, -0.15) is 11.8 Å². The van der Waals surface area contributed by atoms with Crippen LogP contribution in [0.4, 0.5) is 0 Å². The summed E-state index contributed by atoms with van der Waals surface area (Å²) in [7, 11) is 1.67. The zero-order valence-electron chi connectivity index (χ0n) is 10.7. The van der Waals surface area contributed by atoms with Gasteiger partial charge in [-0.15, -0.1) is 0 Å². The van der Waals surface area contributed by atoms with Crippen LogP contribution in [0.2, 0.25) is 0 Å². The van der Waals surface area contributed by atoms with Crippen LogP contribution in [-0.2, 0) is 5.60 Å². The largest absolute Gasteiger partial charge is 0.497 e. The van der Waals surface area contributed by atoms with Gasteiger partial charge in [0.2, 0.25) is 0 Å². The molecule has 0 amide bonds. The molecule has 0 aromatic heterocycles. The zero-order chi connectivity index (χ0) is 12.5. The molecule has 17 heavy (non-hydrogen) atoms. The molecule has 2 rings (SSSR count). The lowest BCUT2D eigenvalue weighted by Gasteiger charge is -2.39. The molecule has 1 saturated heterocycles. The van der Waals surface area contributed by atoms with Crippen molar-refractivity contribution in [1.29, 1.82) is 0 Å². The van der Waals surface area contributed by atoms with Crippen LogP contribution in [-0.4, -0.2) is 23.2 Å². The third-order valence-electron chi connectivity index (χ3n) is 3.64. The molecule has 0 bridgehead atoms. The number of methoxy groups -OCH3 is 1. The van der Waals surface area contributed by atoms with Crippen LogP contribution < -0.4 is 4.74 Å². The topological polar surface area (TPSA) is 29.5 Å². The normalized spacial score (nSPS) is 29.1. The Morgan fingerprint density at radius 2 is 2.24 bits per heavy atom. The monoisotopic (exact) mass is 252 g/mol. The van der Waals surface area contributed by atoms with E-state index in [4.69, 9.17) is 4.74 Å². The van der Waals surface area contributed by atoms with E-state index >= 15 is 0 Å². The molecule has 2 nitrogen and oxygen atoms in total. The van der Waals surface area contributed by atoms with E-state index in [1.807, 2.05) is 36.9 Å². The summed E-state index contributed by atoms with van der Waals surface area (Å²) in [5.41, 5.74) is 1.48. The summed E-state index contributed by atoms with van der Waals surface area (Å²) in [6, 6.07) is 5.95. The molecule has 94 valence electrons. The van der Waals surface area contributed by atoms with Gasteiger partial charge in [0.15, 0.2) is 0 Å². The molecule has 1 aliphatic heterocycles. The molecular weight excluding hydrogens is 232 g/mol. The number of ether oxygens (including phenoxy) is 1. The van der Waals surface area contributed by atoms with Crippen LogP contribution in [0.3, 0.4) is 0 Å². The van der Waals surface area contributed by atoms with Crippen molar-refractivity contribution in [2.24, 2.45) is 0 Å². The SMILES string of the molecule is COc1ccc(C2(O)CCCSC2C)c(C)c1. The number of benzene rings is 1. The quantitative estimate of drug-likeness (QED) is 0.877. The van der Waals surface area contributed by atoms with Crippen molar-refractivity contribution in [3.8, 4) is 5.75 Å². The van der Waals surface area contributed by atoms with E-state index in [0.29, 0.717) is 0 Å². The molecule has 0 radical (unpaired) electrons. The first kappa shape index (κ1) is 12.8. The number of thioether (sulfide) groups is 1. The maximum Gasteiger partial charge on any atom is 0.119 e. The Hall–Kier alpha value is -0.670. The van der Waals surface area contributed by atoms with Gasteiger partial charge in [-0.3, -0.25) is 0 Å². The number of hydrogen-bond acceptors (Lipinski definition) is 3. The van der Waals surface area contributed by atoms with E-state index in [1.54, 1.807) is 7.11 Å². The van der Waals surface area contributed by atoms with E-state index in [9.17, 15) is 5.11 Å². The van der Waals surface area contributed by atoms with Gasteiger partial charge < -0.3 is 9.84 Å². The average molecular weight is 252 g/mol. The first-order valence-electron chi connectivity index (χ1n) is 6.07. The molecule has 0 aliphatic carbocycles. The number of rotatable bonds is 2. The highest BCUT2D eigenvalue weighted by atomic mass is 32.2. The van der Waals surface area contributed by atoms with E-state index in [2.05, 4.69) is 6.92 Å². The Bertz CT molecular complexity index is 405. The Morgan fingerprint density at radius 3 is 2.82 bits per heavy atom. The van der Waals surface area contributed by atoms with E-state index in [1.165, 1.54) is 0 Å². The van der Waals surface area contributed by atoms with Crippen molar-refractivity contribution in [3.05, 3.63) is 29.3 Å². The minimum Gasteiger partial charge on any atom is -0.497 e. The fraction of sp³-hybridized carbons (Fsp3) is 0.571. The van der Waals surface area contributed by atoms with Crippen molar-refractivity contribution in [2.75, 3.05) is 12.9 Å². The lowest BCUT2D eigenvalue weighted by Crippen LogP contribution is -2.39. The van der Waals surface area contributed by atoms with Gasteiger partial charge >= 0.3 is 0 Å². The molecular formula is C14H20O2S. The summed E-state index contributed by atoms with van der Waals surface area (Å²) in [5.74, 6) is 2.00. The average Bonchev–Trinajstić information content (AvgIpc) is 2.32. The molecule has 0 spiro atoms. The fourth-order valence-electron chi connectivity index (χ4n) is 2.55. The second kappa shape index (κ2) is 4.91. The zero-order valence-corrected chi connectivity index (χ0v) is 11.5. The van der Waals surface area contributed by atoms with E-state index in [-0.39, 0.29) is 5.25 Å². The third-order valence-corrected chi connectivity index (χ3v) is 5.06. The highest BCUT2D eigenvalue weighted by molar-refractivity contribution is 8.00. The van der Waals surface area contributed by atoms with Crippen molar-refractivity contribution in [2.45, 2.75) is 37.5 Å². The summed E-state index contributed by atoms with van der Waals surface area (Å²) in [5, 5.41) is 11.1. The Balaban J connectivity index is 2.38. The third kappa shape index (κ3) is 2.31. The van der Waals surface area contributed by atoms with Gasteiger partial charge in [-0.05, 0) is 48.8 Å². The predicted molar refractivity (Wildman–Crippen MR) is 72.8 cm³/mol. The molecule has 1 aromatic rings. The first-order valence-corrected chi connectivity index (χ1v) is 7.12. The molecule has 1 aliphatic rings. The summed E-state index contributed by atoms with van der Waals surface area (Å²) in [6.45, 7) is 4.16. The Labute approximate surface area is 107 Å². The molecule has 1 N–H and O–H groups in total. The maximum absolute atomic E-state index is 10.9. The van der Waals surface area contributed by atoms with Gasteiger partial charge in [-0.25, -0.2) is 0 Å². The summed E-state index contributed by atoms with van der Waals surface area (Å²) in [6.07, 6.45) is 1.94. The molecule has 2 atom stereocenters. The summed E-state index contributed by atoms with van der Waals surface area (Å²) >= 11 is 1.86. The number of hydrogen-bond donors (Lipinski definition) is 1. The molecule has 0 saturated carbocycles. The van der Waals surface area contributed by atoms with Crippen LogP contribution in [0.5, 0.6) is 5.75 Å². The van der Waals surface area contributed by atoms with Crippen LogP contribution >= 0.6 is 11.8 Å². The van der Waals surface area contributed by atoms with E-state index < -0.39 is 5.60 Å². The lowest BCUT2D eigenvalue weighted by molar-refractivity contribution is 0.0248. The predicted octanol–water partition coefficient (Wildman–Crippen LogP) is 3.11. The summed E-state index contributed by atoms with van der Waals surface area (Å²) < 4.78 is 5.21. The number of aliphatic hydroxyl groups is 1.